The monoisotopic (exact) mass is 378 g/mol. The number of halogens is 3. The lowest BCUT2D eigenvalue weighted by Gasteiger charge is -2.21. The molecule has 0 amide bonds. The number of nitriles is 1. The van der Waals surface area contributed by atoms with Crippen LogP contribution in [0.2, 0.25) is 0 Å². The van der Waals surface area contributed by atoms with Crippen molar-refractivity contribution < 1.29 is 31.8 Å². The summed E-state index contributed by atoms with van der Waals surface area (Å²) in [6.45, 7) is 1.25. The summed E-state index contributed by atoms with van der Waals surface area (Å²) in [6.07, 6.45) is -6.76. The van der Waals surface area contributed by atoms with Crippen molar-refractivity contribution in [2.45, 2.75) is 31.7 Å². The van der Waals surface area contributed by atoms with Crippen molar-refractivity contribution in [2.75, 3.05) is 16.6 Å². The standard InChI is InChI=1S/C15H17F3N2O4S/c1-9(21)4-14(22)11-7-20(25(23,24)8-11)12-3-2-10(6-19)13(5-12)15(16,17)18/h2-3,5,9,11,14,21-22H,4,7-8H2,1H3/t9-,11?,14-/m1/s1. The molecule has 0 spiro atoms. The normalized spacial score (nSPS) is 22.4. The number of sulfonamides is 1. The number of nitrogens with zero attached hydrogens (tertiary/aromatic N) is 2. The summed E-state index contributed by atoms with van der Waals surface area (Å²) < 4.78 is 64.5. The molecule has 25 heavy (non-hydrogen) atoms. The van der Waals surface area contributed by atoms with E-state index in [-0.39, 0.29) is 18.7 Å². The van der Waals surface area contributed by atoms with Crippen LogP contribution in [-0.2, 0) is 16.2 Å². The van der Waals surface area contributed by atoms with Crippen molar-refractivity contribution in [3.05, 3.63) is 29.3 Å². The third-order valence-electron chi connectivity index (χ3n) is 4.00. The lowest BCUT2D eigenvalue weighted by atomic mass is 9.99. The van der Waals surface area contributed by atoms with Crippen molar-refractivity contribution in [3.63, 3.8) is 0 Å². The third kappa shape index (κ3) is 4.23. The molecule has 0 aromatic heterocycles. The number of rotatable bonds is 4. The lowest BCUT2D eigenvalue weighted by Crippen LogP contribution is -2.29. The Labute approximate surface area is 143 Å². The van der Waals surface area contributed by atoms with E-state index in [2.05, 4.69) is 0 Å². The molecule has 138 valence electrons. The van der Waals surface area contributed by atoms with Gasteiger partial charge in [-0.2, -0.15) is 18.4 Å². The Bertz CT molecular complexity index is 787. The SMILES string of the molecule is C[C@@H](O)C[C@@H](O)C1CN(c2ccc(C#N)c(C(F)(F)F)c2)S(=O)(=O)C1. The van der Waals surface area contributed by atoms with Gasteiger partial charge < -0.3 is 10.2 Å². The van der Waals surface area contributed by atoms with Crippen LogP contribution in [0.1, 0.15) is 24.5 Å². The van der Waals surface area contributed by atoms with Crippen LogP contribution < -0.4 is 4.31 Å². The Morgan fingerprint density at radius 1 is 1.40 bits per heavy atom. The van der Waals surface area contributed by atoms with Crippen LogP contribution in [-0.4, -0.2) is 43.1 Å². The quantitative estimate of drug-likeness (QED) is 0.826. The number of aliphatic hydroxyl groups is 2. The van der Waals surface area contributed by atoms with Crippen LogP contribution in [0.25, 0.3) is 0 Å². The smallest absolute Gasteiger partial charge is 0.393 e. The number of benzene rings is 1. The van der Waals surface area contributed by atoms with E-state index in [9.17, 15) is 31.8 Å². The van der Waals surface area contributed by atoms with Gasteiger partial charge in [0.1, 0.15) is 0 Å². The maximum atomic E-state index is 13.1. The Morgan fingerprint density at radius 2 is 2.04 bits per heavy atom. The summed E-state index contributed by atoms with van der Waals surface area (Å²) in [4.78, 5) is 0. The topological polar surface area (TPSA) is 102 Å². The Kier molecular flexibility index (Phi) is 5.32. The highest BCUT2D eigenvalue weighted by Gasteiger charge is 2.41. The van der Waals surface area contributed by atoms with Gasteiger partial charge in [0.2, 0.25) is 10.0 Å². The van der Waals surface area contributed by atoms with E-state index in [1.54, 1.807) is 0 Å². The molecule has 2 rings (SSSR count). The van der Waals surface area contributed by atoms with Crippen LogP contribution in [0.15, 0.2) is 18.2 Å². The van der Waals surface area contributed by atoms with Crippen molar-refractivity contribution in [1.82, 2.24) is 0 Å². The van der Waals surface area contributed by atoms with Gasteiger partial charge in [-0.3, -0.25) is 4.31 Å². The summed E-state index contributed by atoms with van der Waals surface area (Å²) in [5.74, 6) is -1.16. The van der Waals surface area contributed by atoms with Crippen molar-refractivity contribution >= 4 is 15.7 Å². The average molecular weight is 378 g/mol. The van der Waals surface area contributed by atoms with Crippen molar-refractivity contribution in [3.8, 4) is 6.07 Å². The second-order valence-corrected chi connectivity index (χ2v) is 8.00. The number of anilines is 1. The van der Waals surface area contributed by atoms with Gasteiger partial charge in [-0.25, -0.2) is 8.42 Å². The summed E-state index contributed by atoms with van der Waals surface area (Å²) in [7, 11) is -3.91. The van der Waals surface area contributed by atoms with E-state index >= 15 is 0 Å². The van der Waals surface area contributed by atoms with E-state index in [1.807, 2.05) is 0 Å². The van der Waals surface area contributed by atoms with Gasteiger partial charge in [0.25, 0.3) is 0 Å². The predicted octanol–water partition coefficient (Wildman–Crippen LogP) is 1.47. The molecule has 1 heterocycles. The number of aliphatic hydroxyl groups excluding tert-OH is 2. The van der Waals surface area contributed by atoms with E-state index in [4.69, 9.17) is 5.26 Å². The molecule has 0 radical (unpaired) electrons. The molecule has 1 aliphatic rings. The highest BCUT2D eigenvalue weighted by molar-refractivity contribution is 7.93. The fourth-order valence-corrected chi connectivity index (χ4v) is 4.70. The molecule has 1 aromatic carbocycles. The highest BCUT2D eigenvalue weighted by atomic mass is 32.2. The molecule has 3 atom stereocenters. The zero-order valence-electron chi connectivity index (χ0n) is 13.2. The first-order valence-corrected chi connectivity index (χ1v) is 9.04. The number of hydrogen-bond acceptors (Lipinski definition) is 5. The van der Waals surface area contributed by atoms with Gasteiger partial charge in [-0.1, -0.05) is 0 Å². The summed E-state index contributed by atoms with van der Waals surface area (Å²) >= 11 is 0. The average Bonchev–Trinajstić information content (AvgIpc) is 2.80. The minimum absolute atomic E-state index is 0.0325. The van der Waals surface area contributed by atoms with Crippen LogP contribution in [0.3, 0.4) is 0 Å². The zero-order valence-corrected chi connectivity index (χ0v) is 14.0. The minimum atomic E-state index is -4.80. The van der Waals surface area contributed by atoms with Crippen molar-refractivity contribution in [2.24, 2.45) is 5.92 Å². The Hall–Kier alpha value is -1.83. The van der Waals surface area contributed by atoms with Crippen LogP contribution in [0.5, 0.6) is 0 Å². The maximum absolute atomic E-state index is 13.1. The van der Waals surface area contributed by atoms with E-state index in [0.717, 1.165) is 16.4 Å². The second-order valence-electron chi connectivity index (χ2n) is 6.06. The van der Waals surface area contributed by atoms with Crippen LogP contribution in [0.4, 0.5) is 18.9 Å². The highest BCUT2D eigenvalue weighted by Crippen LogP contribution is 2.37. The Balaban J connectivity index is 2.37. The van der Waals surface area contributed by atoms with E-state index < -0.39 is 51.2 Å². The third-order valence-corrected chi connectivity index (χ3v) is 5.89. The summed E-state index contributed by atoms with van der Waals surface area (Å²) in [5, 5.41) is 28.1. The molecule has 2 N–H and O–H groups in total. The van der Waals surface area contributed by atoms with Crippen LogP contribution in [0, 0.1) is 17.2 Å². The van der Waals surface area contributed by atoms with Gasteiger partial charge in [0, 0.05) is 12.5 Å². The fraction of sp³-hybridized carbons (Fsp3) is 0.533. The lowest BCUT2D eigenvalue weighted by molar-refractivity contribution is -0.137. The van der Waals surface area contributed by atoms with E-state index in [1.165, 1.54) is 13.0 Å². The first-order chi connectivity index (χ1) is 11.5. The van der Waals surface area contributed by atoms with Crippen molar-refractivity contribution in [1.29, 1.82) is 5.26 Å². The summed E-state index contributed by atoms with van der Waals surface area (Å²) in [6, 6.07) is 4.12. The van der Waals surface area contributed by atoms with Gasteiger partial charge in [-0.15, -0.1) is 0 Å². The molecule has 0 aliphatic carbocycles. The van der Waals surface area contributed by atoms with E-state index in [0.29, 0.717) is 6.07 Å². The predicted molar refractivity (Wildman–Crippen MR) is 83.1 cm³/mol. The molecule has 6 nitrogen and oxygen atoms in total. The first-order valence-electron chi connectivity index (χ1n) is 7.43. The first kappa shape index (κ1) is 19.5. The largest absolute Gasteiger partial charge is 0.417 e. The zero-order chi connectivity index (χ0) is 19.0. The second kappa shape index (κ2) is 6.82. The fourth-order valence-electron chi connectivity index (χ4n) is 2.80. The molecular weight excluding hydrogens is 361 g/mol. The molecule has 1 unspecified atom stereocenters. The molecule has 0 saturated carbocycles. The molecular formula is C15H17F3N2O4S. The number of hydrogen-bond donors (Lipinski definition) is 2. The van der Waals surface area contributed by atoms with Crippen LogP contribution >= 0.6 is 0 Å². The molecule has 1 saturated heterocycles. The number of alkyl halides is 3. The summed E-state index contributed by atoms with van der Waals surface area (Å²) in [5.41, 5.74) is -2.02. The minimum Gasteiger partial charge on any atom is -0.393 e. The molecule has 1 aliphatic heterocycles. The van der Waals surface area contributed by atoms with Gasteiger partial charge in [0.05, 0.1) is 40.8 Å². The maximum Gasteiger partial charge on any atom is 0.417 e. The molecule has 1 fully saturated rings. The molecule has 0 bridgehead atoms. The van der Waals surface area contributed by atoms with Gasteiger partial charge in [-0.05, 0) is 31.5 Å². The van der Waals surface area contributed by atoms with Gasteiger partial charge >= 0.3 is 6.18 Å². The molecule has 10 heteroatoms. The van der Waals surface area contributed by atoms with Gasteiger partial charge in [0.15, 0.2) is 0 Å². The Morgan fingerprint density at radius 3 is 2.56 bits per heavy atom. The molecule has 1 aromatic rings.